The van der Waals surface area contributed by atoms with Crippen molar-refractivity contribution in [3.8, 4) is 0 Å². The molecule has 0 aromatic heterocycles. The molecule has 0 atom stereocenters. The minimum atomic E-state index is -0.934. The lowest BCUT2D eigenvalue weighted by atomic mass is 10.1. The smallest absolute Gasteiger partial charge is 0.339 e. The molecular weight excluding hydrogens is 176 g/mol. The van der Waals surface area contributed by atoms with Crippen molar-refractivity contribution >= 4 is 5.97 Å². The zero-order chi connectivity index (χ0) is 10.4. The topological polar surface area (TPSA) is 37.3 Å². The first-order valence-electron chi connectivity index (χ1n) is 4.40. The molecule has 0 bridgehead atoms. The van der Waals surface area contributed by atoms with E-state index in [1.165, 1.54) is 0 Å². The zero-order valence-corrected chi connectivity index (χ0v) is 7.86. The Morgan fingerprint density at radius 1 is 1.36 bits per heavy atom. The molecule has 1 aromatic rings. The van der Waals surface area contributed by atoms with Crippen LogP contribution < -0.4 is 0 Å². The number of carbonyl (C=O) groups is 1. The van der Waals surface area contributed by atoms with Crippen LogP contribution in [-0.4, -0.2) is 11.1 Å². The van der Waals surface area contributed by atoms with Gasteiger partial charge in [0.15, 0.2) is 0 Å². The maximum absolute atomic E-state index is 10.6. The Balaban J connectivity index is 2.57. The second kappa shape index (κ2) is 5.05. The minimum absolute atomic E-state index is 0.244. The average Bonchev–Trinajstić information content (AvgIpc) is 2.20. The van der Waals surface area contributed by atoms with Gasteiger partial charge in [-0.2, -0.15) is 0 Å². The summed E-state index contributed by atoms with van der Waals surface area (Å²) in [6, 6.07) is 9.76. The molecule has 0 aliphatic carbocycles. The first kappa shape index (κ1) is 10.3. The van der Waals surface area contributed by atoms with Crippen LogP contribution in [0.25, 0.3) is 0 Å². The fourth-order valence-electron chi connectivity index (χ4n) is 1.18. The van der Waals surface area contributed by atoms with Gasteiger partial charge in [0.25, 0.3) is 0 Å². The lowest BCUT2D eigenvalue weighted by Crippen LogP contribution is -2.00. The Morgan fingerprint density at radius 2 is 2.00 bits per heavy atom. The third-order valence-corrected chi connectivity index (χ3v) is 1.98. The number of carboxylic acids is 1. The molecule has 0 fully saturated rings. The number of rotatable bonds is 4. The molecular formula is C12H12O2. The molecule has 2 heteroatoms. The summed E-state index contributed by atoms with van der Waals surface area (Å²) in [7, 11) is 0. The van der Waals surface area contributed by atoms with E-state index >= 15 is 0 Å². The first-order chi connectivity index (χ1) is 6.74. The van der Waals surface area contributed by atoms with E-state index in [1.807, 2.05) is 30.3 Å². The highest BCUT2D eigenvalue weighted by molar-refractivity contribution is 5.86. The van der Waals surface area contributed by atoms with Crippen molar-refractivity contribution in [3.05, 3.63) is 53.8 Å². The van der Waals surface area contributed by atoms with E-state index in [0.717, 1.165) is 5.56 Å². The maximum atomic E-state index is 10.6. The molecule has 72 valence electrons. The van der Waals surface area contributed by atoms with Gasteiger partial charge in [-0.15, -0.1) is 5.73 Å². The maximum Gasteiger partial charge on any atom is 0.339 e. The Labute approximate surface area is 83.2 Å². The SMILES string of the molecule is C=C=C(CCc1ccccc1)C(=O)O. The predicted octanol–water partition coefficient (Wildman–Crippen LogP) is 2.42. The highest BCUT2D eigenvalue weighted by Gasteiger charge is 2.05. The van der Waals surface area contributed by atoms with Gasteiger partial charge >= 0.3 is 5.97 Å². The summed E-state index contributed by atoms with van der Waals surface area (Å²) in [5.41, 5.74) is 3.81. The molecule has 0 aliphatic heterocycles. The molecule has 0 amide bonds. The Kier molecular flexibility index (Phi) is 3.71. The van der Waals surface area contributed by atoms with Gasteiger partial charge in [0.1, 0.15) is 0 Å². The van der Waals surface area contributed by atoms with Crippen LogP contribution in [0.2, 0.25) is 0 Å². The van der Waals surface area contributed by atoms with Gasteiger partial charge in [-0.1, -0.05) is 36.9 Å². The fourth-order valence-corrected chi connectivity index (χ4v) is 1.18. The molecule has 14 heavy (non-hydrogen) atoms. The van der Waals surface area contributed by atoms with E-state index in [0.29, 0.717) is 12.8 Å². The van der Waals surface area contributed by atoms with E-state index in [9.17, 15) is 4.79 Å². The highest BCUT2D eigenvalue weighted by Crippen LogP contribution is 2.07. The van der Waals surface area contributed by atoms with Crippen LogP contribution in [0.15, 0.2) is 48.2 Å². The van der Waals surface area contributed by atoms with Gasteiger partial charge in [0, 0.05) is 0 Å². The monoisotopic (exact) mass is 188 g/mol. The van der Waals surface area contributed by atoms with Crippen molar-refractivity contribution in [1.82, 2.24) is 0 Å². The third-order valence-electron chi connectivity index (χ3n) is 1.98. The first-order valence-corrected chi connectivity index (χ1v) is 4.40. The molecule has 1 aromatic carbocycles. The van der Waals surface area contributed by atoms with Crippen LogP contribution in [0.4, 0.5) is 0 Å². The number of carboxylic acid groups (broad SMARTS) is 1. The molecule has 0 spiro atoms. The standard InChI is InChI=1S/C12H12O2/c1-2-11(12(13)14)9-8-10-6-4-3-5-7-10/h3-7H,1,8-9H2,(H,13,14). The van der Waals surface area contributed by atoms with Gasteiger partial charge in [-0.05, 0) is 18.4 Å². The lowest BCUT2D eigenvalue weighted by Gasteiger charge is -1.99. The second-order valence-corrected chi connectivity index (χ2v) is 2.95. The molecule has 1 rings (SSSR count). The van der Waals surface area contributed by atoms with E-state index in [4.69, 9.17) is 5.11 Å². The largest absolute Gasteiger partial charge is 0.477 e. The van der Waals surface area contributed by atoms with Gasteiger partial charge < -0.3 is 5.11 Å². The van der Waals surface area contributed by atoms with Gasteiger partial charge in [0.05, 0.1) is 5.57 Å². The van der Waals surface area contributed by atoms with Gasteiger partial charge in [-0.3, -0.25) is 0 Å². The van der Waals surface area contributed by atoms with Crippen molar-refractivity contribution < 1.29 is 9.90 Å². The minimum Gasteiger partial charge on any atom is -0.477 e. The summed E-state index contributed by atoms with van der Waals surface area (Å²) < 4.78 is 0. The van der Waals surface area contributed by atoms with Crippen molar-refractivity contribution in [3.63, 3.8) is 0 Å². The van der Waals surface area contributed by atoms with Crippen molar-refractivity contribution in [2.45, 2.75) is 12.8 Å². The lowest BCUT2D eigenvalue weighted by molar-refractivity contribution is -0.132. The molecule has 0 saturated heterocycles. The van der Waals surface area contributed by atoms with Crippen molar-refractivity contribution in [1.29, 1.82) is 0 Å². The summed E-state index contributed by atoms with van der Waals surface area (Å²) in [4.78, 5) is 10.6. The van der Waals surface area contributed by atoms with Crippen molar-refractivity contribution in [2.75, 3.05) is 0 Å². The number of hydrogen-bond acceptors (Lipinski definition) is 1. The Morgan fingerprint density at radius 3 is 2.50 bits per heavy atom. The van der Waals surface area contributed by atoms with E-state index in [1.54, 1.807) is 0 Å². The summed E-state index contributed by atoms with van der Waals surface area (Å²) in [5, 5.41) is 8.71. The van der Waals surface area contributed by atoms with Crippen LogP contribution in [0, 0.1) is 0 Å². The van der Waals surface area contributed by atoms with Gasteiger partial charge in [0.2, 0.25) is 0 Å². The number of benzene rings is 1. The van der Waals surface area contributed by atoms with Crippen LogP contribution in [0.5, 0.6) is 0 Å². The third kappa shape index (κ3) is 2.92. The second-order valence-electron chi connectivity index (χ2n) is 2.95. The molecule has 1 N–H and O–H groups in total. The zero-order valence-electron chi connectivity index (χ0n) is 7.86. The van der Waals surface area contributed by atoms with E-state index in [2.05, 4.69) is 12.3 Å². The van der Waals surface area contributed by atoms with Crippen LogP contribution in [-0.2, 0) is 11.2 Å². The van der Waals surface area contributed by atoms with Crippen molar-refractivity contribution in [2.24, 2.45) is 0 Å². The summed E-state index contributed by atoms with van der Waals surface area (Å²) >= 11 is 0. The normalized spacial score (nSPS) is 9.14. The Bertz CT molecular complexity index is 359. The molecule has 0 saturated carbocycles. The van der Waals surface area contributed by atoms with E-state index in [-0.39, 0.29) is 5.57 Å². The highest BCUT2D eigenvalue weighted by atomic mass is 16.4. The Hall–Kier alpha value is -1.79. The van der Waals surface area contributed by atoms with Crippen LogP contribution >= 0.6 is 0 Å². The van der Waals surface area contributed by atoms with Crippen LogP contribution in [0.1, 0.15) is 12.0 Å². The molecule has 0 unspecified atom stereocenters. The number of aliphatic carboxylic acids is 1. The fraction of sp³-hybridized carbons (Fsp3) is 0.167. The predicted molar refractivity (Wildman–Crippen MR) is 55.1 cm³/mol. The average molecular weight is 188 g/mol. The molecule has 0 aliphatic rings. The van der Waals surface area contributed by atoms with E-state index < -0.39 is 5.97 Å². The van der Waals surface area contributed by atoms with Gasteiger partial charge in [-0.25, -0.2) is 4.79 Å². The molecule has 0 heterocycles. The summed E-state index contributed by atoms with van der Waals surface area (Å²) in [6.07, 6.45) is 1.19. The van der Waals surface area contributed by atoms with Crippen LogP contribution in [0.3, 0.4) is 0 Å². The quantitative estimate of drug-likeness (QED) is 0.582. The number of aryl methyl sites for hydroxylation is 1. The number of hydrogen-bond donors (Lipinski definition) is 1. The summed E-state index contributed by atoms with van der Waals surface area (Å²) in [5.74, 6) is -0.934. The molecule has 2 nitrogen and oxygen atoms in total. The summed E-state index contributed by atoms with van der Waals surface area (Å²) in [6.45, 7) is 3.35. The molecule has 0 radical (unpaired) electrons.